The Morgan fingerprint density at radius 1 is 0.828 bits per heavy atom. The number of nitrogens with zero attached hydrogens (tertiary/aromatic N) is 1. The van der Waals surface area contributed by atoms with Crippen LogP contribution in [0.3, 0.4) is 0 Å². The number of methoxy groups -OCH3 is 2. The number of allylic oxidation sites excluding steroid dienone is 4. The summed E-state index contributed by atoms with van der Waals surface area (Å²) < 4.78 is 10.4. The Morgan fingerprint density at radius 2 is 1.28 bits per heavy atom. The fourth-order valence-corrected chi connectivity index (χ4v) is 2.85. The SMILES string of the molecule is COc1cc(OC)cc(C(=O)ON=C2C=C(C(C)(C)C)C(=O)C(C(C)(C)C)=C2)c1. The lowest BCUT2D eigenvalue weighted by molar-refractivity contribution is -0.114. The van der Waals surface area contributed by atoms with Crippen LogP contribution in [-0.2, 0) is 9.63 Å². The first-order valence-electron chi connectivity index (χ1n) is 9.38. The van der Waals surface area contributed by atoms with Crippen LogP contribution in [0.5, 0.6) is 11.5 Å². The van der Waals surface area contributed by atoms with Gasteiger partial charge in [-0.2, -0.15) is 0 Å². The van der Waals surface area contributed by atoms with Crippen molar-refractivity contribution in [1.82, 2.24) is 0 Å². The number of ether oxygens (including phenoxy) is 2. The summed E-state index contributed by atoms with van der Waals surface area (Å²) in [6.45, 7) is 11.8. The quantitative estimate of drug-likeness (QED) is 0.415. The third-order valence-corrected chi connectivity index (χ3v) is 4.51. The van der Waals surface area contributed by atoms with Gasteiger partial charge in [0.15, 0.2) is 5.78 Å². The van der Waals surface area contributed by atoms with Crippen molar-refractivity contribution >= 4 is 17.5 Å². The van der Waals surface area contributed by atoms with E-state index in [4.69, 9.17) is 14.3 Å². The van der Waals surface area contributed by atoms with E-state index in [1.165, 1.54) is 14.2 Å². The second-order valence-corrected chi connectivity index (χ2v) is 8.94. The van der Waals surface area contributed by atoms with Gasteiger partial charge in [0.05, 0.1) is 19.8 Å². The highest BCUT2D eigenvalue weighted by atomic mass is 16.7. The Morgan fingerprint density at radius 3 is 1.66 bits per heavy atom. The predicted molar refractivity (Wildman–Crippen MR) is 112 cm³/mol. The van der Waals surface area contributed by atoms with Gasteiger partial charge in [-0.05, 0) is 35.1 Å². The molecule has 1 aromatic rings. The molecule has 6 nitrogen and oxygen atoms in total. The molecule has 0 spiro atoms. The Balaban J connectivity index is 2.39. The van der Waals surface area contributed by atoms with Gasteiger partial charge in [-0.15, -0.1) is 0 Å². The summed E-state index contributed by atoms with van der Waals surface area (Å²) in [5.74, 6) is 0.282. The van der Waals surface area contributed by atoms with E-state index in [0.717, 1.165) is 0 Å². The maximum Gasteiger partial charge on any atom is 0.366 e. The van der Waals surface area contributed by atoms with Gasteiger partial charge in [-0.1, -0.05) is 46.7 Å². The number of rotatable bonds is 4. The van der Waals surface area contributed by atoms with E-state index in [1.54, 1.807) is 30.4 Å². The maximum absolute atomic E-state index is 12.9. The number of benzene rings is 1. The molecule has 0 fully saturated rings. The lowest BCUT2D eigenvalue weighted by Gasteiger charge is -2.30. The third kappa shape index (κ3) is 5.34. The van der Waals surface area contributed by atoms with E-state index in [0.29, 0.717) is 28.4 Å². The zero-order valence-corrected chi connectivity index (χ0v) is 18.4. The third-order valence-electron chi connectivity index (χ3n) is 4.51. The number of Topliss-reactive ketones (excluding diaryl/α,β-unsaturated/α-hetero) is 1. The van der Waals surface area contributed by atoms with Crippen LogP contribution in [0.4, 0.5) is 0 Å². The molecule has 0 unspecified atom stereocenters. The second kappa shape index (κ2) is 8.23. The van der Waals surface area contributed by atoms with Crippen LogP contribution in [-0.4, -0.2) is 31.7 Å². The van der Waals surface area contributed by atoms with Crippen molar-refractivity contribution in [1.29, 1.82) is 0 Å². The van der Waals surface area contributed by atoms with Crippen molar-refractivity contribution in [3.8, 4) is 11.5 Å². The topological polar surface area (TPSA) is 74.2 Å². The Labute approximate surface area is 172 Å². The first-order chi connectivity index (χ1) is 13.4. The van der Waals surface area contributed by atoms with Crippen molar-refractivity contribution in [3.63, 3.8) is 0 Å². The van der Waals surface area contributed by atoms with Crippen molar-refractivity contribution < 1.29 is 23.9 Å². The molecule has 6 heteroatoms. The Hall–Kier alpha value is -2.89. The van der Waals surface area contributed by atoms with Gasteiger partial charge in [0.1, 0.15) is 17.2 Å². The molecule has 0 aromatic heterocycles. The minimum absolute atomic E-state index is 0.00666. The molecule has 1 aliphatic rings. The fourth-order valence-electron chi connectivity index (χ4n) is 2.85. The molecule has 1 aliphatic carbocycles. The molecule has 0 amide bonds. The predicted octanol–water partition coefficient (Wildman–Crippen LogP) is 4.74. The average molecular weight is 399 g/mol. The molecule has 0 saturated heterocycles. The zero-order valence-electron chi connectivity index (χ0n) is 18.4. The van der Waals surface area contributed by atoms with E-state index in [-0.39, 0.29) is 22.2 Å². The number of carbonyl (C=O) groups excluding carboxylic acids is 2. The van der Waals surface area contributed by atoms with Crippen LogP contribution in [0.1, 0.15) is 51.9 Å². The van der Waals surface area contributed by atoms with Gasteiger partial charge in [0.25, 0.3) is 0 Å². The minimum Gasteiger partial charge on any atom is -0.497 e. The first-order valence-corrected chi connectivity index (χ1v) is 9.38. The van der Waals surface area contributed by atoms with Crippen LogP contribution in [0.15, 0.2) is 46.7 Å². The molecule has 0 heterocycles. The maximum atomic E-state index is 12.9. The second-order valence-electron chi connectivity index (χ2n) is 8.94. The molecule has 0 atom stereocenters. The summed E-state index contributed by atoms with van der Waals surface area (Å²) >= 11 is 0. The van der Waals surface area contributed by atoms with E-state index in [2.05, 4.69) is 5.16 Å². The fraction of sp³-hybridized carbons (Fsp3) is 0.435. The summed E-state index contributed by atoms with van der Waals surface area (Å²) in [5, 5.41) is 4.01. The number of carbonyl (C=O) groups is 2. The van der Waals surface area contributed by atoms with Crippen LogP contribution >= 0.6 is 0 Å². The van der Waals surface area contributed by atoms with Crippen molar-refractivity contribution in [2.45, 2.75) is 41.5 Å². The normalized spacial score (nSPS) is 14.8. The summed E-state index contributed by atoms with van der Waals surface area (Å²) in [6, 6.07) is 4.75. The largest absolute Gasteiger partial charge is 0.497 e. The number of ketones is 1. The van der Waals surface area contributed by atoms with Gasteiger partial charge in [-0.3, -0.25) is 4.79 Å². The highest BCUT2D eigenvalue weighted by Gasteiger charge is 2.34. The highest BCUT2D eigenvalue weighted by molar-refractivity contribution is 6.22. The van der Waals surface area contributed by atoms with Gasteiger partial charge < -0.3 is 14.3 Å². The Kier molecular flexibility index (Phi) is 6.36. The van der Waals surface area contributed by atoms with Crippen molar-refractivity contribution in [2.24, 2.45) is 16.0 Å². The van der Waals surface area contributed by atoms with Gasteiger partial charge in [0, 0.05) is 17.2 Å². The number of oxime groups is 1. The van der Waals surface area contributed by atoms with Crippen LogP contribution < -0.4 is 9.47 Å². The monoisotopic (exact) mass is 399 g/mol. The first kappa shape index (κ1) is 22.4. The summed E-state index contributed by atoms with van der Waals surface area (Å²) in [7, 11) is 3.00. The molecule has 1 aromatic carbocycles. The van der Waals surface area contributed by atoms with Crippen LogP contribution in [0, 0.1) is 10.8 Å². The average Bonchev–Trinajstić information content (AvgIpc) is 2.64. The molecule has 29 heavy (non-hydrogen) atoms. The molecule has 0 bridgehead atoms. The zero-order chi connectivity index (χ0) is 22.0. The Bertz CT molecular complexity index is 850. The molecule has 0 saturated carbocycles. The molecular weight excluding hydrogens is 370 g/mol. The summed E-state index contributed by atoms with van der Waals surface area (Å²) in [6.07, 6.45) is 3.36. The molecular formula is C23H29NO5. The highest BCUT2D eigenvalue weighted by Crippen LogP contribution is 2.37. The minimum atomic E-state index is -0.650. The van der Waals surface area contributed by atoms with Crippen LogP contribution in [0.25, 0.3) is 0 Å². The van der Waals surface area contributed by atoms with E-state index in [9.17, 15) is 9.59 Å². The van der Waals surface area contributed by atoms with Crippen molar-refractivity contribution in [2.75, 3.05) is 14.2 Å². The number of hydrogen-bond acceptors (Lipinski definition) is 6. The van der Waals surface area contributed by atoms with Gasteiger partial charge in [-0.25, -0.2) is 4.79 Å². The molecule has 0 aliphatic heterocycles. The molecule has 0 radical (unpaired) electrons. The van der Waals surface area contributed by atoms with E-state index >= 15 is 0 Å². The standard InChI is InChI=1S/C23H29NO5/c1-22(2,3)18-11-15(12-19(20(18)25)23(4,5)6)24-29-21(26)14-9-16(27-7)13-17(10-14)28-8/h9-13H,1-8H3. The lowest BCUT2D eigenvalue weighted by Crippen LogP contribution is -2.29. The van der Waals surface area contributed by atoms with Crippen molar-refractivity contribution in [3.05, 3.63) is 47.1 Å². The summed E-state index contributed by atoms with van der Waals surface area (Å²) in [4.78, 5) is 30.6. The molecule has 2 rings (SSSR count). The number of hydrogen-bond donors (Lipinski definition) is 0. The molecule has 0 N–H and O–H groups in total. The smallest absolute Gasteiger partial charge is 0.366 e. The summed E-state index contributed by atoms with van der Waals surface area (Å²) in [5.41, 5.74) is 1.19. The lowest BCUT2D eigenvalue weighted by atomic mass is 9.72. The van der Waals surface area contributed by atoms with E-state index in [1.807, 2.05) is 41.5 Å². The van der Waals surface area contributed by atoms with Crippen LogP contribution in [0.2, 0.25) is 0 Å². The van der Waals surface area contributed by atoms with E-state index < -0.39 is 5.97 Å². The van der Waals surface area contributed by atoms with Gasteiger partial charge >= 0.3 is 5.97 Å². The van der Waals surface area contributed by atoms with Gasteiger partial charge in [0.2, 0.25) is 0 Å². The molecule has 156 valence electrons.